The van der Waals surface area contributed by atoms with Crippen LogP contribution in [-0.4, -0.2) is 20.6 Å². The number of rotatable bonds is 5. The third-order valence-electron chi connectivity index (χ3n) is 2.83. The minimum Gasteiger partial charge on any atom is -0.348 e. The molecule has 0 aromatic heterocycles. The van der Waals surface area contributed by atoms with Gasteiger partial charge in [0.2, 0.25) is 10.0 Å². The Balaban J connectivity index is 2.07. The zero-order valence-corrected chi connectivity index (χ0v) is 13.4. The number of hydrogen-bond donors (Lipinski definition) is 2. The summed E-state index contributed by atoms with van der Waals surface area (Å²) in [5.41, 5.74) is 1.51. The van der Waals surface area contributed by atoms with Crippen molar-refractivity contribution in [3.8, 4) is 0 Å². The van der Waals surface area contributed by atoms with E-state index in [4.69, 9.17) is 11.6 Å². The van der Waals surface area contributed by atoms with E-state index >= 15 is 0 Å². The van der Waals surface area contributed by atoms with E-state index in [1.165, 1.54) is 6.07 Å². The summed E-state index contributed by atoms with van der Waals surface area (Å²) >= 11 is 6.02. The first-order valence-corrected chi connectivity index (χ1v) is 8.71. The molecular weight excluding hydrogens is 324 g/mol. The van der Waals surface area contributed by atoms with Crippen molar-refractivity contribution in [1.29, 1.82) is 0 Å². The van der Waals surface area contributed by atoms with Gasteiger partial charge in [-0.1, -0.05) is 35.9 Å². The molecule has 0 atom stereocenters. The van der Waals surface area contributed by atoms with Crippen LogP contribution in [0.2, 0.25) is 5.02 Å². The second kappa shape index (κ2) is 6.81. The van der Waals surface area contributed by atoms with Gasteiger partial charge in [-0.25, -0.2) is 8.42 Å². The SMILES string of the molecule is CS(=O)(=O)Nc1cccc(C(=O)NCc2ccccc2Cl)c1. The molecule has 0 aliphatic heterocycles. The predicted molar refractivity (Wildman–Crippen MR) is 87.5 cm³/mol. The van der Waals surface area contributed by atoms with E-state index in [1.807, 2.05) is 18.2 Å². The highest BCUT2D eigenvalue weighted by atomic mass is 35.5. The van der Waals surface area contributed by atoms with E-state index in [0.717, 1.165) is 11.8 Å². The average Bonchev–Trinajstić information content (AvgIpc) is 2.44. The molecule has 7 heteroatoms. The maximum Gasteiger partial charge on any atom is 0.251 e. The lowest BCUT2D eigenvalue weighted by Crippen LogP contribution is -2.23. The Morgan fingerprint density at radius 3 is 2.55 bits per heavy atom. The molecule has 0 unspecified atom stereocenters. The lowest BCUT2D eigenvalue weighted by Gasteiger charge is -2.09. The first-order valence-electron chi connectivity index (χ1n) is 6.44. The Hall–Kier alpha value is -2.05. The van der Waals surface area contributed by atoms with E-state index < -0.39 is 10.0 Å². The third-order valence-corrected chi connectivity index (χ3v) is 3.80. The first kappa shape index (κ1) is 16.3. The summed E-state index contributed by atoms with van der Waals surface area (Å²) in [6.45, 7) is 0.294. The number of anilines is 1. The van der Waals surface area contributed by atoms with Crippen molar-refractivity contribution in [2.24, 2.45) is 0 Å². The van der Waals surface area contributed by atoms with Crippen molar-refractivity contribution in [1.82, 2.24) is 5.32 Å². The molecule has 0 saturated carbocycles. The maximum absolute atomic E-state index is 12.1. The average molecular weight is 339 g/mol. The molecule has 2 rings (SSSR count). The smallest absolute Gasteiger partial charge is 0.251 e. The van der Waals surface area contributed by atoms with Gasteiger partial charge in [0.1, 0.15) is 0 Å². The Labute approximate surface area is 134 Å². The zero-order valence-electron chi connectivity index (χ0n) is 11.8. The van der Waals surface area contributed by atoms with E-state index in [1.54, 1.807) is 24.3 Å². The number of carbonyl (C=O) groups excluding carboxylic acids is 1. The Bertz CT molecular complexity index is 791. The highest BCUT2D eigenvalue weighted by Crippen LogP contribution is 2.15. The number of hydrogen-bond acceptors (Lipinski definition) is 3. The van der Waals surface area contributed by atoms with Crippen LogP contribution in [0.1, 0.15) is 15.9 Å². The summed E-state index contributed by atoms with van der Waals surface area (Å²) in [6.07, 6.45) is 1.05. The van der Waals surface area contributed by atoms with Crippen molar-refractivity contribution in [3.05, 3.63) is 64.7 Å². The largest absolute Gasteiger partial charge is 0.348 e. The van der Waals surface area contributed by atoms with E-state index in [9.17, 15) is 13.2 Å². The van der Waals surface area contributed by atoms with Gasteiger partial charge in [-0.15, -0.1) is 0 Å². The van der Waals surface area contributed by atoms with Crippen LogP contribution in [0.3, 0.4) is 0 Å². The van der Waals surface area contributed by atoms with Crippen molar-refractivity contribution in [2.45, 2.75) is 6.54 Å². The molecule has 0 aliphatic rings. The van der Waals surface area contributed by atoms with Crippen LogP contribution in [0.25, 0.3) is 0 Å². The molecular formula is C15H15ClN2O3S. The van der Waals surface area contributed by atoms with Gasteiger partial charge in [0, 0.05) is 22.8 Å². The van der Waals surface area contributed by atoms with Gasteiger partial charge < -0.3 is 5.32 Å². The van der Waals surface area contributed by atoms with Crippen LogP contribution in [0.5, 0.6) is 0 Å². The molecule has 0 heterocycles. The lowest BCUT2D eigenvalue weighted by molar-refractivity contribution is 0.0951. The predicted octanol–water partition coefficient (Wildman–Crippen LogP) is 2.64. The number of benzene rings is 2. The molecule has 5 nitrogen and oxygen atoms in total. The van der Waals surface area contributed by atoms with Gasteiger partial charge in [-0.05, 0) is 29.8 Å². The number of halogens is 1. The van der Waals surface area contributed by atoms with Gasteiger partial charge in [0.15, 0.2) is 0 Å². The van der Waals surface area contributed by atoms with Crippen LogP contribution in [0.4, 0.5) is 5.69 Å². The van der Waals surface area contributed by atoms with Crippen LogP contribution >= 0.6 is 11.6 Å². The number of sulfonamides is 1. The van der Waals surface area contributed by atoms with Gasteiger partial charge >= 0.3 is 0 Å². The quantitative estimate of drug-likeness (QED) is 0.880. The normalized spacial score (nSPS) is 11.0. The molecule has 116 valence electrons. The van der Waals surface area contributed by atoms with E-state index in [-0.39, 0.29) is 5.91 Å². The summed E-state index contributed by atoms with van der Waals surface area (Å²) in [5, 5.41) is 3.32. The van der Waals surface area contributed by atoms with Crippen molar-refractivity contribution >= 4 is 33.2 Å². The summed E-state index contributed by atoms with van der Waals surface area (Å²) in [6, 6.07) is 13.5. The van der Waals surface area contributed by atoms with Gasteiger partial charge in [-0.2, -0.15) is 0 Å². The fraction of sp³-hybridized carbons (Fsp3) is 0.133. The second-order valence-electron chi connectivity index (χ2n) is 4.73. The molecule has 0 fully saturated rings. The molecule has 2 aromatic carbocycles. The number of carbonyl (C=O) groups is 1. The molecule has 22 heavy (non-hydrogen) atoms. The summed E-state index contributed by atoms with van der Waals surface area (Å²) in [7, 11) is -3.38. The topological polar surface area (TPSA) is 75.3 Å². The maximum atomic E-state index is 12.1. The minimum absolute atomic E-state index is 0.294. The van der Waals surface area contributed by atoms with Gasteiger partial charge in [-0.3, -0.25) is 9.52 Å². The van der Waals surface area contributed by atoms with Crippen molar-refractivity contribution in [3.63, 3.8) is 0 Å². The lowest BCUT2D eigenvalue weighted by atomic mass is 10.1. The van der Waals surface area contributed by atoms with E-state index in [0.29, 0.717) is 22.8 Å². The molecule has 0 saturated heterocycles. The van der Waals surface area contributed by atoms with E-state index in [2.05, 4.69) is 10.0 Å². The second-order valence-corrected chi connectivity index (χ2v) is 6.88. The first-order chi connectivity index (χ1) is 10.3. The molecule has 1 amide bonds. The Kier molecular flexibility index (Phi) is 5.05. The van der Waals surface area contributed by atoms with Crippen molar-refractivity contribution < 1.29 is 13.2 Å². The summed E-state index contributed by atoms with van der Waals surface area (Å²) < 4.78 is 24.7. The summed E-state index contributed by atoms with van der Waals surface area (Å²) in [5.74, 6) is -0.308. The van der Waals surface area contributed by atoms with Gasteiger partial charge in [0.25, 0.3) is 5.91 Å². The minimum atomic E-state index is -3.38. The fourth-order valence-electron chi connectivity index (χ4n) is 1.86. The number of amides is 1. The van der Waals surface area contributed by atoms with Crippen LogP contribution in [0.15, 0.2) is 48.5 Å². The molecule has 0 radical (unpaired) electrons. The zero-order chi connectivity index (χ0) is 16.2. The monoisotopic (exact) mass is 338 g/mol. The van der Waals surface area contributed by atoms with Crippen LogP contribution < -0.4 is 10.0 Å². The Morgan fingerprint density at radius 2 is 1.86 bits per heavy atom. The fourth-order valence-corrected chi connectivity index (χ4v) is 2.61. The van der Waals surface area contributed by atoms with Crippen LogP contribution in [0, 0.1) is 0 Å². The van der Waals surface area contributed by atoms with Gasteiger partial charge in [0.05, 0.1) is 6.26 Å². The molecule has 2 aromatic rings. The summed E-state index contributed by atoms with van der Waals surface area (Å²) in [4.78, 5) is 12.1. The molecule has 0 spiro atoms. The number of nitrogens with one attached hydrogen (secondary N) is 2. The standard InChI is InChI=1S/C15H15ClN2O3S/c1-22(20,21)18-13-7-4-6-11(9-13)15(19)17-10-12-5-2-3-8-14(12)16/h2-9,18H,10H2,1H3,(H,17,19). The molecule has 0 aliphatic carbocycles. The van der Waals surface area contributed by atoms with Crippen molar-refractivity contribution in [2.75, 3.05) is 11.0 Å². The highest BCUT2D eigenvalue weighted by Gasteiger charge is 2.09. The molecule has 2 N–H and O–H groups in total. The third kappa shape index (κ3) is 4.75. The molecule has 0 bridgehead atoms. The Morgan fingerprint density at radius 1 is 1.14 bits per heavy atom. The van der Waals surface area contributed by atoms with Crippen LogP contribution in [-0.2, 0) is 16.6 Å². The highest BCUT2D eigenvalue weighted by molar-refractivity contribution is 7.92.